The number of nitrogens with zero attached hydrogens (tertiary/aromatic N) is 4. The molecule has 1 aliphatic heterocycles. The van der Waals surface area contributed by atoms with Crippen LogP contribution in [0.5, 0.6) is 0 Å². The maximum atomic E-state index is 6.92. The molecule has 2 unspecified atom stereocenters. The second kappa shape index (κ2) is 18.7. The molecule has 382 valence electrons. The highest BCUT2D eigenvalue weighted by Gasteiger charge is 2.41. The number of benzene rings is 9. The third-order valence-electron chi connectivity index (χ3n) is 16.0. The number of fused-ring (bicyclic) bond motifs is 8. The number of para-hydroxylation sites is 1. The van der Waals surface area contributed by atoms with E-state index in [2.05, 4.69) is 225 Å². The minimum atomic E-state index is -0.601. The molecule has 14 aromatic rings. The summed E-state index contributed by atoms with van der Waals surface area (Å²) in [5.41, 5.74) is 20.0. The topological polar surface area (TPSA) is 86.5 Å². The average molecular weight is 1060 g/mol. The Morgan fingerprint density at radius 2 is 0.988 bits per heavy atom. The second-order valence-corrected chi connectivity index (χ2v) is 22.1. The van der Waals surface area contributed by atoms with Gasteiger partial charge in [-0.15, -0.1) is 11.3 Å². The number of aromatic nitrogens is 3. The van der Waals surface area contributed by atoms with Crippen molar-refractivity contribution in [1.82, 2.24) is 15.0 Å². The van der Waals surface area contributed by atoms with Crippen LogP contribution in [0.15, 0.2) is 269 Å². The predicted molar refractivity (Wildman–Crippen MR) is 331 cm³/mol. The average Bonchev–Trinajstić information content (AvgIpc) is 4.45. The third kappa shape index (κ3) is 8.02. The number of pyridine rings is 2. The van der Waals surface area contributed by atoms with Gasteiger partial charge >= 0.3 is 0 Å². The summed E-state index contributed by atoms with van der Waals surface area (Å²) in [6.45, 7) is 2.12. The number of aliphatic imine (C=N–C) groups is 1. The van der Waals surface area contributed by atoms with E-state index in [0.717, 1.165) is 148 Å². The highest BCUT2D eigenvalue weighted by atomic mass is 32.1. The predicted octanol–water partition coefficient (Wildman–Crippen LogP) is 19.1. The van der Waals surface area contributed by atoms with E-state index in [-0.39, 0.29) is 6.10 Å². The van der Waals surface area contributed by atoms with Crippen LogP contribution in [0.1, 0.15) is 18.1 Å². The summed E-state index contributed by atoms with van der Waals surface area (Å²) in [6.07, 6.45) is 10.0. The number of rotatable bonds is 9. The van der Waals surface area contributed by atoms with Gasteiger partial charge in [0.15, 0.2) is 0 Å². The van der Waals surface area contributed by atoms with Gasteiger partial charge in [0.05, 0.1) is 27.2 Å². The molecule has 7 nitrogen and oxygen atoms in total. The van der Waals surface area contributed by atoms with Crippen molar-refractivity contribution in [1.29, 1.82) is 0 Å². The summed E-state index contributed by atoms with van der Waals surface area (Å²) in [6, 6.07) is 78.3. The highest BCUT2D eigenvalue weighted by molar-refractivity contribution is 7.21. The van der Waals surface area contributed by atoms with Gasteiger partial charge < -0.3 is 13.6 Å². The lowest BCUT2D eigenvalue weighted by Gasteiger charge is -2.26. The first kappa shape index (κ1) is 46.8. The lowest BCUT2D eigenvalue weighted by atomic mass is 9.86. The van der Waals surface area contributed by atoms with E-state index in [1.54, 1.807) is 11.3 Å². The standard InChI is InChI=1S/C73H46N4O3S/c1-73-35-34-48(41-66(73)80-71(77-73)50-30-32-60(74-42-50)54-24-14-27-63-67(54)58-39-52(44-16-5-2-6-17-44)37-56(69(58)78-63)46-20-9-4-10-21-46)47-22-13-23-49(36-47)57-38-53(45-18-7-3-8-19-45)40-59-68-55(25-15-28-64(68)79-70(57)59)61-33-31-51(43-75-61)72-76-62-26-11-12-29-65(62)81-72/h2-43,66H,1H3. The molecule has 0 bridgehead atoms. The van der Waals surface area contributed by atoms with Crippen LogP contribution in [0.2, 0.25) is 0 Å². The van der Waals surface area contributed by atoms with Crippen molar-refractivity contribution in [2.24, 2.45) is 4.99 Å². The van der Waals surface area contributed by atoms with Gasteiger partial charge in [-0.25, -0.2) is 9.98 Å². The fourth-order valence-corrected chi connectivity index (χ4v) is 12.8. The summed E-state index contributed by atoms with van der Waals surface area (Å²) >= 11 is 1.68. The summed E-state index contributed by atoms with van der Waals surface area (Å²) in [4.78, 5) is 20.2. The molecule has 16 rings (SSSR count). The molecule has 0 amide bonds. The molecule has 0 N–H and O–H groups in total. The molecule has 0 saturated carbocycles. The molecule has 0 radical (unpaired) electrons. The molecule has 2 aliphatic rings. The van der Waals surface area contributed by atoms with E-state index in [4.69, 9.17) is 33.5 Å². The van der Waals surface area contributed by atoms with Crippen LogP contribution < -0.4 is 0 Å². The Kier molecular flexibility index (Phi) is 10.8. The van der Waals surface area contributed by atoms with Crippen LogP contribution >= 0.6 is 11.3 Å². The van der Waals surface area contributed by atoms with E-state index < -0.39 is 5.54 Å². The summed E-state index contributed by atoms with van der Waals surface area (Å²) in [7, 11) is 0. The Balaban J connectivity index is 0.715. The maximum Gasteiger partial charge on any atom is 0.219 e. The molecule has 81 heavy (non-hydrogen) atoms. The van der Waals surface area contributed by atoms with E-state index in [0.29, 0.717) is 5.90 Å². The highest BCUT2D eigenvalue weighted by Crippen LogP contribution is 2.46. The molecule has 9 aromatic carbocycles. The van der Waals surface area contributed by atoms with Crippen molar-refractivity contribution < 1.29 is 13.6 Å². The maximum absolute atomic E-state index is 6.92. The fraction of sp³-hybridized carbons (Fsp3) is 0.0411. The Hall–Kier alpha value is -10.3. The van der Waals surface area contributed by atoms with Crippen molar-refractivity contribution in [3.8, 4) is 77.6 Å². The lowest BCUT2D eigenvalue weighted by molar-refractivity contribution is 0.217. The van der Waals surface area contributed by atoms with Crippen LogP contribution in [-0.2, 0) is 4.74 Å². The quantitative estimate of drug-likeness (QED) is 0.143. The summed E-state index contributed by atoms with van der Waals surface area (Å²) in [5.74, 6) is 0.563. The molecular formula is C73H46N4O3S. The molecule has 0 fully saturated rings. The second-order valence-electron chi connectivity index (χ2n) is 21.0. The van der Waals surface area contributed by atoms with Gasteiger partial charge in [-0.05, 0) is 136 Å². The van der Waals surface area contributed by atoms with Crippen molar-refractivity contribution in [3.05, 3.63) is 266 Å². The first-order chi connectivity index (χ1) is 39.9. The minimum absolute atomic E-state index is 0.328. The fourth-order valence-electron chi connectivity index (χ4n) is 11.8. The van der Waals surface area contributed by atoms with Gasteiger partial charge in [-0.3, -0.25) is 9.97 Å². The number of hydrogen-bond donors (Lipinski definition) is 0. The van der Waals surface area contributed by atoms with Crippen LogP contribution in [0, 0.1) is 0 Å². The van der Waals surface area contributed by atoms with Crippen LogP contribution in [0.3, 0.4) is 0 Å². The first-order valence-corrected chi connectivity index (χ1v) is 28.0. The van der Waals surface area contributed by atoms with Crippen LogP contribution in [0.4, 0.5) is 0 Å². The molecule has 1 aliphatic carbocycles. The van der Waals surface area contributed by atoms with Crippen molar-refractivity contribution in [3.63, 3.8) is 0 Å². The zero-order valence-corrected chi connectivity index (χ0v) is 44.6. The number of furan rings is 2. The van der Waals surface area contributed by atoms with Gasteiger partial charge in [0.1, 0.15) is 39.0 Å². The minimum Gasteiger partial charge on any atom is -0.467 e. The van der Waals surface area contributed by atoms with Crippen LogP contribution in [0.25, 0.3) is 137 Å². The van der Waals surface area contributed by atoms with E-state index >= 15 is 0 Å². The smallest absolute Gasteiger partial charge is 0.219 e. The SMILES string of the molecule is CC12C=CC(c3cccc(-c4cc(-c5ccccc5)cc5c4oc4cccc(-c6ccc(-c7nc8ccccc8s7)cn6)c45)c3)=CC1OC(c1ccc(-c3cccc4oc5c(-c6ccccc6)cc(-c6ccccc6)cc5c34)nc1)=N2. The van der Waals surface area contributed by atoms with E-state index in [1.165, 1.54) is 0 Å². The molecule has 0 saturated heterocycles. The molecule has 6 heterocycles. The third-order valence-corrected chi connectivity index (χ3v) is 17.0. The van der Waals surface area contributed by atoms with Crippen molar-refractivity contribution >= 4 is 76.9 Å². The molecule has 8 heteroatoms. The Morgan fingerprint density at radius 3 is 1.59 bits per heavy atom. The Labute approximate surface area is 470 Å². The van der Waals surface area contributed by atoms with Gasteiger partial charge in [-0.1, -0.05) is 158 Å². The van der Waals surface area contributed by atoms with Crippen molar-refractivity contribution in [2.75, 3.05) is 0 Å². The molecule has 5 aromatic heterocycles. The monoisotopic (exact) mass is 1060 g/mol. The molecule has 2 atom stereocenters. The zero-order valence-electron chi connectivity index (χ0n) is 43.7. The lowest BCUT2D eigenvalue weighted by Crippen LogP contribution is -2.33. The molecular weight excluding hydrogens is 1010 g/mol. The van der Waals surface area contributed by atoms with E-state index in [1.807, 2.05) is 36.7 Å². The van der Waals surface area contributed by atoms with Gasteiger partial charge in [-0.2, -0.15) is 0 Å². The van der Waals surface area contributed by atoms with Crippen molar-refractivity contribution in [2.45, 2.75) is 18.6 Å². The number of ether oxygens (including phenoxy) is 1. The van der Waals surface area contributed by atoms with Gasteiger partial charge in [0, 0.05) is 61.8 Å². The Morgan fingerprint density at radius 1 is 0.444 bits per heavy atom. The summed E-state index contributed by atoms with van der Waals surface area (Å²) < 4.78 is 21.6. The number of allylic oxidation sites excluding steroid dienone is 2. The number of hydrogen-bond acceptors (Lipinski definition) is 8. The molecule has 0 spiro atoms. The largest absolute Gasteiger partial charge is 0.467 e. The first-order valence-electron chi connectivity index (χ1n) is 27.2. The zero-order chi connectivity index (χ0) is 53.6. The Bertz CT molecular complexity index is 4870. The normalized spacial score (nSPS) is 15.8. The van der Waals surface area contributed by atoms with Gasteiger partial charge in [0.2, 0.25) is 5.90 Å². The van der Waals surface area contributed by atoms with E-state index in [9.17, 15) is 0 Å². The van der Waals surface area contributed by atoms with Crippen LogP contribution in [-0.4, -0.2) is 32.5 Å². The summed E-state index contributed by atoms with van der Waals surface area (Å²) in [5, 5.41) is 5.08. The van der Waals surface area contributed by atoms with Gasteiger partial charge in [0.25, 0.3) is 0 Å². The number of thiazole rings is 1.